The van der Waals surface area contributed by atoms with Crippen LogP contribution in [0.3, 0.4) is 0 Å². The van der Waals surface area contributed by atoms with Gasteiger partial charge in [0.2, 0.25) is 10.0 Å². The summed E-state index contributed by atoms with van der Waals surface area (Å²) in [5.74, 6) is 0. The van der Waals surface area contributed by atoms with Crippen LogP contribution in [0, 0.1) is 0 Å². The van der Waals surface area contributed by atoms with Crippen LogP contribution in [0.1, 0.15) is 27.2 Å². The molecular formula is C11H15Cl2NO2S. The van der Waals surface area contributed by atoms with Crippen molar-refractivity contribution in [1.29, 1.82) is 0 Å². The van der Waals surface area contributed by atoms with Gasteiger partial charge in [0.1, 0.15) is 4.90 Å². The molecule has 0 unspecified atom stereocenters. The van der Waals surface area contributed by atoms with Crippen molar-refractivity contribution < 1.29 is 8.42 Å². The second kappa shape index (κ2) is 5.14. The first-order valence-electron chi connectivity index (χ1n) is 5.17. The summed E-state index contributed by atoms with van der Waals surface area (Å²) < 4.78 is 26.9. The van der Waals surface area contributed by atoms with Gasteiger partial charge in [-0.25, -0.2) is 13.1 Å². The standard InChI is InChI=1S/C11H15Cl2NO2S/c1-4-11(2,3)14-17(15,16)10-8(12)6-5-7-9(10)13/h5-7,14H,4H2,1-3H3. The van der Waals surface area contributed by atoms with Gasteiger partial charge in [0, 0.05) is 5.54 Å². The Balaban J connectivity index is 3.24. The molecule has 0 aliphatic rings. The van der Waals surface area contributed by atoms with Crippen molar-refractivity contribution >= 4 is 33.2 Å². The van der Waals surface area contributed by atoms with Gasteiger partial charge < -0.3 is 0 Å². The zero-order chi connectivity index (χ0) is 13.3. The quantitative estimate of drug-likeness (QED) is 0.925. The summed E-state index contributed by atoms with van der Waals surface area (Å²) in [6.45, 7) is 5.50. The van der Waals surface area contributed by atoms with E-state index < -0.39 is 15.6 Å². The zero-order valence-corrected chi connectivity index (χ0v) is 12.2. The van der Waals surface area contributed by atoms with Crippen LogP contribution in [0.2, 0.25) is 10.0 Å². The topological polar surface area (TPSA) is 46.2 Å². The number of sulfonamides is 1. The number of hydrogen-bond donors (Lipinski definition) is 1. The van der Waals surface area contributed by atoms with Crippen molar-refractivity contribution in [3.05, 3.63) is 28.2 Å². The van der Waals surface area contributed by atoms with E-state index in [0.717, 1.165) is 0 Å². The van der Waals surface area contributed by atoms with Crippen molar-refractivity contribution in [2.75, 3.05) is 0 Å². The molecule has 3 nitrogen and oxygen atoms in total. The number of rotatable bonds is 4. The van der Waals surface area contributed by atoms with Gasteiger partial charge in [-0.15, -0.1) is 0 Å². The van der Waals surface area contributed by atoms with Gasteiger partial charge in [0.15, 0.2) is 0 Å². The monoisotopic (exact) mass is 295 g/mol. The molecule has 0 fully saturated rings. The largest absolute Gasteiger partial charge is 0.244 e. The summed E-state index contributed by atoms with van der Waals surface area (Å²) in [6.07, 6.45) is 0.661. The van der Waals surface area contributed by atoms with Crippen LogP contribution in [-0.4, -0.2) is 14.0 Å². The van der Waals surface area contributed by atoms with Crippen LogP contribution in [0.25, 0.3) is 0 Å². The second-order valence-electron chi connectivity index (χ2n) is 4.39. The highest BCUT2D eigenvalue weighted by Gasteiger charge is 2.28. The Morgan fingerprint density at radius 3 is 2.12 bits per heavy atom. The maximum absolute atomic E-state index is 12.2. The predicted molar refractivity (Wildman–Crippen MR) is 71.2 cm³/mol. The molecule has 1 aromatic rings. The molecule has 0 spiro atoms. The molecular weight excluding hydrogens is 281 g/mol. The summed E-state index contributed by atoms with van der Waals surface area (Å²) in [4.78, 5) is -0.0649. The van der Waals surface area contributed by atoms with Gasteiger partial charge in [-0.2, -0.15) is 0 Å². The van der Waals surface area contributed by atoms with E-state index in [1.54, 1.807) is 19.9 Å². The molecule has 17 heavy (non-hydrogen) atoms. The van der Waals surface area contributed by atoms with Crippen molar-refractivity contribution in [2.45, 2.75) is 37.6 Å². The third kappa shape index (κ3) is 3.58. The SMILES string of the molecule is CCC(C)(C)NS(=O)(=O)c1c(Cl)cccc1Cl. The fourth-order valence-corrected chi connectivity index (χ4v) is 3.86. The number of nitrogens with one attached hydrogen (secondary N) is 1. The van der Waals surface area contributed by atoms with Gasteiger partial charge in [-0.05, 0) is 32.4 Å². The van der Waals surface area contributed by atoms with Crippen molar-refractivity contribution in [3.63, 3.8) is 0 Å². The van der Waals surface area contributed by atoms with Crippen LogP contribution < -0.4 is 4.72 Å². The maximum atomic E-state index is 12.2. The number of halogens is 2. The van der Waals surface area contributed by atoms with Crippen LogP contribution >= 0.6 is 23.2 Å². The Morgan fingerprint density at radius 2 is 1.71 bits per heavy atom. The first-order valence-corrected chi connectivity index (χ1v) is 7.41. The van der Waals surface area contributed by atoms with E-state index in [4.69, 9.17) is 23.2 Å². The molecule has 0 heterocycles. The normalized spacial score (nSPS) is 12.8. The molecule has 0 aliphatic heterocycles. The predicted octanol–water partition coefficient (Wildman–Crippen LogP) is 3.46. The molecule has 0 amide bonds. The molecule has 0 atom stereocenters. The maximum Gasteiger partial charge on any atom is 0.244 e. The minimum atomic E-state index is -3.71. The molecule has 1 N–H and O–H groups in total. The van der Waals surface area contributed by atoms with E-state index in [1.165, 1.54) is 12.1 Å². The molecule has 0 saturated heterocycles. The molecule has 96 valence electrons. The van der Waals surface area contributed by atoms with Crippen LogP contribution in [0.5, 0.6) is 0 Å². The van der Waals surface area contributed by atoms with Gasteiger partial charge in [0.25, 0.3) is 0 Å². The van der Waals surface area contributed by atoms with Crippen LogP contribution in [0.15, 0.2) is 23.1 Å². The summed E-state index contributed by atoms with van der Waals surface area (Å²) in [7, 11) is -3.71. The van der Waals surface area contributed by atoms with Crippen LogP contribution in [-0.2, 0) is 10.0 Å². The highest BCUT2D eigenvalue weighted by Crippen LogP contribution is 2.29. The Kier molecular flexibility index (Phi) is 4.47. The van der Waals surface area contributed by atoms with Crippen molar-refractivity contribution in [3.8, 4) is 0 Å². The Morgan fingerprint density at radius 1 is 1.24 bits per heavy atom. The lowest BCUT2D eigenvalue weighted by Gasteiger charge is -2.24. The molecule has 0 aliphatic carbocycles. The summed E-state index contributed by atoms with van der Waals surface area (Å²) in [5, 5.41) is 0.244. The summed E-state index contributed by atoms with van der Waals surface area (Å²) >= 11 is 11.8. The van der Waals surface area contributed by atoms with E-state index in [2.05, 4.69) is 4.72 Å². The summed E-state index contributed by atoms with van der Waals surface area (Å²) in [6, 6.07) is 4.61. The van der Waals surface area contributed by atoms with Gasteiger partial charge in [-0.1, -0.05) is 36.2 Å². The second-order valence-corrected chi connectivity index (χ2v) is 6.83. The third-order valence-electron chi connectivity index (χ3n) is 2.48. The van der Waals surface area contributed by atoms with Gasteiger partial charge in [0.05, 0.1) is 10.0 Å². The Hall–Kier alpha value is -0.290. The average Bonchev–Trinajstić information content (AvgIpc) is 2.15. The first kappa shape index (κ1) is 14.8. The molecule has 6 heteroatoms. The average molecular weight is 296 g/mol. The van der Waals surface area contributed by atoms with E-state index in [-0.39, 0.29) is 14.9 Å². The van der Waals surface area contributed by atoms with E-state index in [0.29, 0.717) is 6.42 Å². The lowest BCUT2D eigenvalue weighted by Crippen LogP contribution is -2.42. The van der Waals surface area contributed by atoms with E-state index >= 15 is 0 Å². The lowest BCUT2D eigenvalue weighted by atomic mass is 10.0. The molecule has 0 bridgehead atoms. The smallest absolute Gasteiger partial charge is 0.207 e. The van der Waals surface area contributed by atoms with E-state index in [1.807, 2.05) is 6.92 Å². The molecule has 1 aromatic carbocycles. The molecule has 0 aromatic heterocycles. The first-order chi connectivity index (χ1) is 7.69. The zero-order valence-electron chi connectivity index (χ0n) is 9.92. The Bertz CT molecular complexity index is 492. The van der Waals surface area contributed by atoms with Gasteiger partial charge in [-0.3, -0.25) is 0 Å². The lowest BCUT2D eigenvalue weighted by molar-refractivity contribution is 0.439. The van der Waals surface area contributed by atoms with Crippen LogP contribution in [0.4, 0.5) is 0 Å². The van der Waals surface area contributed by atoms with Gasteiger partial charge >= 0.3 is 0 Å². The number of hydrogen-bond acceptors (Lipinski definition) is 2. The highest BCUT2D eigenvalue weighted by atomic mass is 35.5. The highest BCUT2D eigenvalue weighted by molar-refractivity contribution is 7.89. The summed E-state index contributed by atoms with van der Waals surface area (Å²) in [5.41, 5.74) is -0.540. The van der Waals surface area contributed by atoms with E-state index in [9.17, 15) is 8.42 Å². The van der Waals surface area contributed by atoms with Crippen molar-refractivity contribution in [1.82, 2.24) is 4.72 Å². The Labute approximate surface area is 112 Å². The molecule has 0 saturated carbocycles. The molecule has 0 radical (unpaired) electrons. The number of benzene rings is 1. The minimum Gasteiger partial charge on any atom is -0.207 e. The fraction of sp³-hybridized carbons (Fsp3) is 0.455. The fourth-order valence-electron chi connectivity index (χ4n) is 1.23. The van der Waals surface area contributed by atoms with Crippen molar-refractivity contribution in [2.24, 2.45) is 0 Å². The molecule has 1 rings (SSSR count). The minimum absolute atomic E-state index is 0.0649. The third-order valence-corrected chi connectivity index (χ3v) is 5.13.